The first-order valence-corrected chi connectivity index (χ1v) is 4.46. The minimum atomic E-state index is 0.279. The van der Waals surface area contributed by atoms with E-state index < -0.39 is 0 Å². The van der Waals surface area contributed by atoms with Gasteiger partial charge in [-0.15, -0.1) is 0 Å². The van der Waals surface area contributed by atoms with Gasteiger partial charge in [0.15, 0.2) is 0 Å². The SMILES string of the molecule is C[C@@]12CCCC[C@@H](CC1)O2. The summed E-state index contributed by atoms with van der Waals surface area (Å²) in [5.74, 6) is 0. The molecule has 0 aromatic rings. The summed E-state index contributed by atoms with van der Waals surface area (Å²) in [6.45, 7) is 2.28. The summed E-state index contributed by atoms with van der Waals surface area (Å²) in [7, 11) is 0. The highest BCUT2D eigenvalue weighted by Crippen LogP contribution is 2.39. The van der Waals surface area contributed by atoms with Gasteiger partial charge in [-0.1, -0.05) is 12.8 Å². The lowest BCUT2D eigenvalue weighted by Crippen LogP contribution is -2.22. The van der Waals surface area contributed by atoms with Gasteiger partial charge in [0.25, 0.3) is 0 Å². The Bertz CT molecular complexity index is 131. The van der Waals surface area contributed by atoms with Crippen molar-refractivity contribution >= 4 is 0 Å². The molecule has 58 valence electrons. The number of hydrogen-bond donors (Lipinski definition) is 0. The minimum absolute atomic E-state index is 0.279. The van der Waals surface area contributed by atoms with E-state index in [-0.39, 0.29) is 5.60 Å². The Hall–Kier alpha value is -0.0400. The number of hydrogen-bond acceptors (Lipinski definition) is 1. The minimum Gasteiger partial charge on any atom is -0.372 e. The van der Waals surface area contributed by atoms with Crippen molar-refractivity contribution < 1.29 is 4.74 Å². The van der Waals surface area contributed by atoms with Gasteiger partial charge in [-0.2, -0.15) is 0 Å². The van der Waals surface area contributed by atoms with Crippen molar-refractivity contribution in [2.75, 3.05) is 0 Å². The monoisotopic (exact) mass is 140 g/mol. The van der Waals surface area contributed by atoms with Crippen LogP contribution in [0, 0.1) is 0 Å². The quantitative estimate of drug-likeness (QED) is 0.502. The molecule has 0 spiro atoms. The molecule has 2 aliphatic rings. The summed E-state index contributed by atoms with van der Waals surface area (Å²) in [4.78, 5) is 0. The van der Waals surface area contributed by atoms with Gasteiger partial charge in [0.1, 0.15) is 0 Å². The van der Waals surface area contributed by atoms with E-state index in [1.165, 1.54) is 38.5 Å². The van der Waals surface area contributed by atoms with Gasteiger partial charge in [-0.05, 0) is 32.6 Å². The van der Waals surface area contributed by atoms with E-state index in [1.54, 1.807) is 0 Å². The Balaban J connectivity index is 2.09. The molecule has 0 radical (unpaired) electrons. The average Bonchev–Trinajstić information content (AvgIpc) is 2.11. The molecule has 0 N–H and O–H groups in total. The summed E-state index contributed by atoms with van der Waals surface area (Å²) in [5, 5.41) is 0. The molecule has 0 amide bonds. The second-order valence-electron chi connectivity index (χ2n) is 3.97. The topological polar surface area (TPSA) is 9.23 Å². The largest absolute Gasteiger partial charge is 0.372 e. The molecule has 2 atom stereocenters. The Kier molecular flexibility index (Phi) is 1.48. The van der Waals surface area contributed by atoms with E-state index in [1.807, 2.05) is 0 Å². The fourth-order valence-corrected chi connectivity index (χ4v) is 2.24. The van der Waals surface area contributed by atoms with Gasteiger partial charge in [0.05, 0.1) is 11.7 Å². The molecular formula is C9H16O. The van der Waals surface area contributed by atoms with E-state index >= 15 is 0 Å². The molecule has 0 aromatic heterocycles. The highest BCUT2D eigenvalue weighted by molar-refractivity contribution is 4.87. The summed E-state index contributed by atoms with van der Waals surface area (Å²) < 4.78 is 5.91. The highest BCUT2D eigenvalue weighted by Gasteiger charge is 2.36. The summed E-state index contributed by atoms with van der Waals surface area (Å²) in [6.07, 6.45) is 8.62. The van der Waals surface area contributed by atoms with Crippen molar-refractivity contribution in [3.8, 4) is 0 Å². The van der Waals surface area contributed by atoms with Gasteiger partial charge in [0.2, 0.25) is 0 Å². The van der Waals surface area contributed by atoms with Crippen LogP contribution in [-0.4, -0.2) is 11.7 Å². The van der Waals surface area contributed by atoms with E-state index in [9.17, 15) is 0 Å². The van der Waals surface area contributed by atoms with Crippen molar-refractivity contribution in [1.29, 1.82) is 0 Å². The summed E-state index contributed by atoms with van der Waals surface area (Å²) in [6, 6.07) is 0. The second kappa shape index (κ2) is 2.23. The number of fused-ring (bicyclic) bond motifs is 2. The molecule has 0 aromatic carbocycles. The Labute approximate surface area is 62.8 Å². The molecular weight excluding hydrogens is 124 g/mol. The van der Waals surface area contributed by atoms with Crippen LogP contribution in [0.4, 0.5) is 0 Å². The maximum Gasteiger partial charge on any atom is 0.0659 e. The molecule has 2 aliphatic heterocycles. The smallest absolute Gasteiger partial charge is 0.0659 e. The maximum atomic E-state index is 5.91. The van der Waals surface area contributed by atoms with Crippen LogP contribution in [0.25, 0.3) is 0 Å². The molecule has 1 heteroatoms. The molecule has 2 fully saturated rings. The van der Waals surface area contributed by atoms with Crippen LogP contribution in [0.15, 0.2) is 0 Å². The number of ether oxygens (including phenoxy) is 1. The Morgan fingerprint density at radius 1 is 1.20 bits per heavy atom. The van der Waals surface area contributed by atoms with E-state index in [2.05, 4.69) is 6.92 Å². The molecule has 2 rings (SSSR count). The third-order valence-corrected chi connectivity index (χ3v) is 2.93. The maximum absolute atomic E-state index is 5.91. The highest BCUT2D eigenvalue weighted by atomic mass is 16.5. The van der Waals surface area contributed by atoms with Gasteiger partial charge >= 0.3 is 0 Å². The van der Waals surface area contributed by atoms with Crippen LogP contribution in [0.3, 0.4) is 0 Å². The van der Waals surface area contributed by atoms with Crippen molar-refractivity contribution in [1.82, 2.24) is 0 Å². The lowest BCUT2D eigenvalue weighted by molar-refractivity contribution is -0.0242. The van der Waals surface area contributed by atoms with Crippen LogP contribution in [0.2, 0.25) is 0 Å². The van der Waals surface area contributed by atoms with Crippen LogP contribution in [0.1, 0.15) is 45.4 Å². The summed E-state index contributed by atoms with van der Waals surface area (Å²) in [5.41, 5.74) is 0.279. The summed E-state index contributed by atoms with van der Waals surface area (Å²) >= 11 is 0. The third-order valence-electron chi connectivity index (χ3n) is 2.93. The molecule has 2 heterocycles. The van der Waals surface area contributed by atoms with Crippen LogP contribution in [0.5, 0.6) is 0 Å². The van der Waals surface area contributed by atoms with Gasteiger partial charge < -0.3 is 4.74 Å². The van der Waals surface area contributed by atoms with Crippen molar-refractivity contribution in [3.05, 3.63) is 0 Å². The average molecular weight is 140 g/mol. The van der Waals surface area contributed by atoms with Gasteiger partial charge in [-0.3, -0.25) is 0 Å². The molecule has 0 unspecified atom stereocenters. The van der Waals surface area contributed by atoms with E-state index in [4.69, 9.17) is 4.74 Å². The van der Waals surface area contributed by atoms with Crippen LogP contribution >= 0.6 is 0 Å². The zero-order valence-corrected chi connectivity index (χ0v) is 6.73. The van der Waals surface area contributed by atoms with Gasteiger partial charge in [-0.25, -0.2) is 0 Å². The lowest BCUT2D eigenvalue weighted by Gasteiger charge is -2.21. The van der Waals surface area contributed by atoms with Crippen LogP contribution in [-0.2, 0) is 4.74 Å². The molecule has 2 bridgehead atoms. The second-order valence-corrected chi connectivity index (χ2v) is 3.97. The van der Waals surface area contributed by atoms with E-state index in [0.29, 0.717) is 6.10 Å². The van der Waals surface area contributed by atoms with Crippen molar-refractivity contribution in [2.24, 2.45) is 0 Å². The van der Waals surface area contributed by atoms with Crippen molar-refractivity contribution in [2.45, 2.75) is 57.2 Å². The molecule has 0 aliphatic carbocycles. The zero-order valence-electron chi connectivity index (χ0n) is 6.73. The lowest BCUT2D eigenvalue weighted by atomic mass is 9.92. The first kappa shape index (κ1) is 6.66. The molecule has 0 saturated carbocycles. The molecule has 10 heavy (non-hydrogen) atoms. The van der Waals surface area contributed by atoms with E-state index in [0.717, 1.165) is 0 Å². The molecule has 2 saturated heterocycles. The number of rotatable bonds is 0. The fourth-order valence-electron chi connectivity index (χ4n) is 2.24. The Morgan fingerprint density at radius 2 is 2.10 bits per heavy atom. The third kappa shape index (κ3) is 1.07. The zero-order chi connectivity index (χ0) is 7.03. The normalized spacial score (nSPS) is 47.1. The Morgan fingerprint density at radius 3 is 3.00 bits per heavy atom. The van der Waals surface area contributed by atoms with Crippen LogP contribution < -0.4 is 0 Å². The van der Waals surface area contributed by atoms with Gasteiger partial charge in [0, 0.05) is 0 Å². The predicted molar refractivity (Wildman–Crippen MR) is 41.0 cm³/mol. The van der Waals surface area contributed by atoms with Crippen molar-refractivity contribution in [3.63, 3.8) is 0 Å². The molecule has 1 nitrogen and oxygen atoms in total. The fraction of sp³-hybridized carbons (Fsp3) is 1.00. The predicted octanol–water partition coefficient (Wildman–Crippen LogP) is 2.50. The first-order chi connectivity index (χ1) is 4.79. The first-order valence-electron chi connectivity index (χ1n) is 4.46. The standard InChI is InChI=1S/C9H16O/c1-9-6-3-2-4-8(10-9)5-7-9/h8H,2-7H2,1H3/t8-,9+/m0/s1.